The summed E-state index contributed by atoms with van der Waals surface area (Å²) >= 11 is 0. The number of carbonyl (C=O) groups is 2. The van der Waals surface area contributed by atoms with Gasteiger partial charge in [0.05, 0.1) is 17.6 Å². The maximum Gasteiger partial charge on any atom is 0.308 e. The first kappa shape index (κ1) is 19.7. The first-order valence-corrected chi connectivity index (χ1v) is 9.95. The second-order valence-electron chi connectivity index (χ2n) is 7.70. The maximum atomic E-state index is 13.3. The van der Waals surface area contributed by atoms with Gasteiger partial charge in [0.15, 0.2) is 5.78 Å². The molecule has 1 N–H and O–H groups in total. The molecule has 5 nitrogen and oxygen atoms in total. The van der Waals surface area contributed by atoms with Crippen LogP contribution in [-0.2, 0) is 9.59 Å². The van der Waals surface area contributed by atoms with Gasteiger partial charge in [-0.2, -0.15) is 5.26 Å². The molecule has 2 aliphatic rings. The van der Waals surface area contributed by atoms with Crippen LogP contribution in [0.3, 0.4) is 0 Å². The number of nitrogens with one attached hydrogen (secondary N) is 1. The predicted octanol–water partition coefficient (Wildman–Crippen LogP) is 4.50. The molecule has 0 bridgehead atoms. The van der Waals surface area contributed by atoms with Crippen molar-refractivity contribution >= 4 is 11.8 Å². The Balaban J connectivity index is 1.73. The summed E-state index contributed by atoms with van der Waals surface area (Å²) < 4.78 is 5.11. The smallest absolute Gasteiger partial charge is 0.308 e. The van der Waals surface area contributed by atoms with Crippen LogP contribution in [0.25, 0.3) is 0 Å². The number of allylic oxidation sites excluding steroid dienone is 4. The van der Waals surface area contributed by atoms with E-state index in [4.69, 9.17) is 4.74 Å². The van der Waals surface area contributed by atoms with Gasteiger partial charge in [-0.3, -0.25) is 9.59 Å². The Labute approximate surface area is 175 Å². The molecule has 2 aromatic carbocycles. The minimum Gasteiger partial charge on any atom is -0.427 e. The van der Waals surface area contributed by atoms with Gasteiger partial charge in [-0.05, 0) is 42.5 Å². The van der Waals surface area contributed by atoms with Crippen molar-refractivity contribution in [3.05, 3.63) is 88.3 Å². The third-order valence-electron chi connectivity index (χ3n) is 5.69. The molecule has 1 aliphatic heterocycles. The molecule has 0 unspecified atom stereocenters. The van der Waals surface area contributed by atoms with E-state index in [0.717, 1.165) is 28.9 Å². The van der Waals surface area contributed by atoms with E-state index in [1.807, 2.05) is 37.3 Å². The van der Waals surface area contributed by atoms with Crippen molar-refractivity contribution < 1.29 is 14.3 Å². The monoisotopic (exact) mass is 398 g/mol. The number of nitriles is 1. The highest BCUT2D eigenvalue weighted by molar-refractivity contribution is 6.00. The lowest BCUT2D eigenvalue weighted by molar-refractivity contribution is -0.131. The van der Waals surface area contributed by atoms with Crippen molar-refractivity contribution in [2.24, 2.45) is 0 Å². The molecule has 2 aromatic rings. The fourth-order valence-corrected chi connectivity index (χ4v) is 4.38. The third-order valence-corrected chi connectivity index (χ3v) is 5.69. The van der Waals surface area contributed by atoms with Gasteiger partial charge in [0.25, 0.3) is 0 Å². The normalized spacial score (nSPS) is 20.9. The predicted molar refractivity (Wildman–Crippen MR) is 112 cm³/mol. The fourth-order valence-electron chi connectivity index (χ4n) is 4.38. The van der Waals surface area contributed by atoms with Crippen molar-refractivity contribution in [3.63, 3.8) is 0 Å². The quantitative estimate of drug-likeness (QED) is 0.608. The highest BCUT2D eigenvalue weighted by Crippen LogP contribution is 2.45. The molecule has 30 heavy (non-hydrogen) atoms. The van der Waals surface area contributed by atoms with Gasteiger partial charge < -0.3 is 10.1 Å². The Morgan fingerprint density at radius 2 is 1.77 bits per heavy atom. The van der Waals surface area contributed by atoms with Crippen LogP contribution in [0.5, 0.6) is 5.75 Å². The van der Waals surface area contributed by atoms with Crippen LogP contribution >= 0.6 is 0 Å². The Morgan fingerprint density at radius 1 is 1.07 bits per heavy atom. The lowest BCUT2D eigenvalue weighted by Crippen LogP contribution is -2.33. The van der Waals surface area contributed by atoms with Crippen LogP contribution in [0.15, 0.2) is 77.1 Å². The van der Waals surface area contributed by atoms with Gasteiger partial charge in [0.1, 0.15) is 5.75 Å². The molecule has 1 aliphatic carbocycles. The summed E-state index contributed by atoms with van der Waals surface area (Å²) in [6.45, 7) is 3.22. The van der Waals surface area contributed by atoms with Crippen molar-refractivity contribution in [3.8, 4) is 11.8 Å². The SMILES string of the molecule is CC(=O)Oc1ccc([C@H]2C(C#N)=C(C)NC3=C2C(=O)C[C@H](c2ccccc2)C3)cc1. The van der Waals surface area contributed by atoms with Crippen LogP contribution in [-0.4, -0.2) is 11.8 Å². The fraction of sp³-hybridized carbons (Fsp3) is 0.240. The van der Waals surface area contributed by atoms with E-state index >= 15 is 0 Å². The standard InChI is InChI=1S/C25H22N2O3/c1-15-21(14-26)24(18-8-10-20(11-9-18)30-16(2)28)25-22(27-15)12-19(13-23(25)29)17-6-4-3-5-7-17/h3-11,19,24,27H,12-13H2,1-2H3/t19-,24+/m1/s1. The molecular weight excluding hydrogens is 376 g/mol. The molecule has 0 spiro atoms. The number of rotatable bonds is 3. The van der Waals surface area contributed by atoms with Crippen LogP contribution in [0.1, 0.15) is 49.7 Å². The molecule has 0 saturated carbocycles. The number of nitrogens with zero attached hydrogens (tertiary/aromatic N) is 1. The second kappa shape index (κ2) is 8.00. The van der Waals surface area contributed by atoms with Crippen molar-refractivity contribution in [1.29, 1.82) is 5.26 Å². The number of dihydropyridines is 1. The van der Waals surface area contributed by atoms with Gasteiger partial charge in [-0.15, -0.1) is 0 Å². The van der Waals surface area contributed by atoms with E-state index in [2.05, 4.69) is 23.5 Å². The lowest BCUT2D eigenvalue weighted by atomic mass is 9.72. The zero-order valence-corrected chi connectivity index (χ0v) is 16.9. The van der Waals surface area contributed by atoms with Gasteiger partial charge in [0, 0.05) is 30.3 Å². The number of benzene rings is 2. The molecular formula is C25H22N2O3. The summed E-state index contributed by atoms with van der Waals surface area (Å²) in [6.07, 6.45) is 1.15. The Bertz CT molecular complexity index is 1110. The first-order valence-electron chi connectivity index (χ1n) is 9.95. The summed E-state index contributed by atoms with van der Waals surface area (Å²) in [7, 11) is 0. The average Bonchev–Trinajstić information content (AvgIpc) is 2.73. The number of hydrogen-bond donors (Lipinski definition) is 1. The van der Waals surface area contributed by atoms with Gasteiger partial charge in [-0.1, -0.05) is 42.5 Å². The van der Waals surface area contributed by atoms with Crippen molar-refractivity contribution in [2.45, 2.75) is 38.5 Å². The summed E-state index contributed by atoms with van der Waals surface area (Å²) in [5.41, 5.74) is 4.86. The van der Waals surface area contributed by atoms with E-state index in [1.54, 1.807) is 12.1 Å². The average molecular weight is 398 g/mol. The molecule has 4 rings (SSSR count). The molecule has 150 valence electrons. The highest BCUT2D eigenvalue weighted by atomic mass is 16.5. The number of Topliss-reactive ketones (excluding diaryl/α,β-unsaturated/α-hetero) is 1. The largest absolute Gasteiger partial charge is 0.427 e. The minimum absolute atomic E-state index is 0.0620. The van der Waals surface area contributed by atoms with E-state index in [9.17, 15) is 14.9 Å². The highest BCUT2D eigenvalue weighted by Gasteiger charge is 2.38. The van der Waals surface area contributed by atoms with Crippen molar-refractivity contribution in [2.75, 3.05) is 0 Å². The Kier molecular flexibility index (Phi) is 5.24. The van der Waals surface area contributed by atoms with Gasteiger partial charge >= 0.3 is 5.97 Å². The molecule has 1 heterocycles. The molecule has 0 saturated heterocycles. The van der Waals surface area contributed by atoms with E-state index in [1.165, 1.54) is 6.92 Å². The van der Waals surface area contributed by atoms with E-state index in [-0.39, 0.29) is 11.7 Å². The molecule has 2 atom stereocenters. The number of ketones is 1. The summed E-state index contributed by atoms with van der Waals surface area (Å²) in [5.74, 6) is -0.188. The third kappa shape index (κ3) is 3.65. The summed E-state index contributed by atoms with van der Waals surface area (Å²) in [5, 5.41) is 13.2. The van der Waals surface area contributed by atoms with E-state index in [0.29, 0.717) is 23.3 Å². The molecule has 0 radical (unpaired) electrons. The summed E-state index contributed by atoms with van der Waals surface area (Å²) in [6, 6.07) is 19.4. The van der Waals surface area contributed by atoms with E-state index < -0.39 is 11.9 Å². The Morgan fingerprint density at radius 3 is 2.40 bits per heavy atom. The topological polar surface area (TPSA) is 79.2 Å². The second-order valence-corrected chi connectivity index (χ2v) is 7.70. The van der Waals surface area contributed by atoms with Crippen LogP contribution in [0.2, 0.25) is 0 Å². The molecule has 0 amide bonds. The minimum atomic E-state index is -0.415. The van der Waals surface area contributed by atoms with Crippen LogP contribution in [0, 0.1) is 11.3 Å². The zero-order valence-electron chi connectivity index (χ0n) is 16.9. The lowest BCUT2D eigenvalue weighted by Gasteiger charge is -2.35. The molecule has 0 aromatic heterocycles. The number of esters is 1. The van der Waals surface area contributed by atoms with Crippen LogP contribution < -0.4 is 10.1 Å². The zero-order chi connectivity index (χ0) is 21.3. The molecule has 0 fully saturated rings. The maximum absolute atomic E-state index is 13.3. The number of carbonyl (C=O) groups excluding carboxylic acids is 2. The van der Waals surface area contributed by atoms with Gasteiger partial charge in [-0.25, -0.2) is 0 Å². The van der Waals surface area contributed by atoms with Crippen LogP contribution in [0.4, 0.5) is 0 Å². The van der Waals surface area contributed by atoms with Crippen molar-refractivity contribution in [1.82, 2.24) is 5.32 Å². The molecule has 5 heteroatoms. The Hall–Kier alpha value is -3.65. The first-order chi connectivity index (χ1) is 14.5. The van der Waals surface area contributed by atoms with Gasteiger partial charge in [0.2, 0.25) is 0 Å². The summed E-state index contributed by atoms with van der Waals surface area (Å²) in [4.78, 5) is 24.5. The number of hydrogen-bond acceptors (Lipinski definition) is 5. The number of ether oxygens (including phenoxy) is 1.